The average Bonchev–Trinajstić information content (AvgIpc) is 3.02. The number of carbonyl (C=O) groups is 2. The fourth-order valence-electron chi connectivity index (χ4n) is 3.91. The Labute approximate surface area is 143 Å². The van der Waals surface area contributed by atoms with Crippen molar-refractivity contribution in [3.8, 4) is 5.75 Å². The predicted octanol–water partition coefficient (Wildman–Crippen LogP) is 2.84. The molecule has 5 nitrogen and oxygen atoms in total. The molecule has 2 unspecified atom stereocenters. The van der Waals surface area contributed by atoms with Gasteiger partial charge in [0.15, 0.2) is 0 Å². The van der Waals surface area contributed by atoms with Gasteiger partial charge in [0.25, 0.3) is 0 Å². The van der Waals surface area contributed by atoms with Gasteiger partial charge < -0.3 is 14.5 Å². The molecule has 2 amide bonds. The summed E-state index contributed by atoms with van der Waals surface area (Å²) in [6.45, 7) is 3.42. The molecular weight excluding hydrogens is 304 g/mol. The summed E-state index contributed by atoms with van der Waals surface area (Å²) in [5.41, 5.74) is 0.756. The van der Waals surface area contributed by atoms with Crippen LogP contribution in [0.1, 0.15) is 39.0 Å². The first-order chi connectivity index (χ1) is 11.7. The lowest BCUT2D eigenvalue weighted by Gasteiger charge is -2.36. The number of benzene rings is 1. The summed E-state index contributed by atoms with van der Waals surface area (Å²) >= 11 is 0. The number of piperidine rings is 1. The zero-order chi connectivity index (χ0) is 17.1. The lowest BCUT2D eigenvalue weighted by atomic mass is 9.97. The van der Waals surface area contributed by atoms with Gasteiger partial charge in [-0.05, 0) is 37.8 Å². The highest BCUT2D eigenvalue weighted by Gasteiger charge is 2.39. The molecule has 0 bridgehead atoms. The van der Waals surface area contributed by atoms with Gasteiger partial charge in [-0.25, -0.2) is 0 Å². The van der Waals surface area contributed by atoms with Gasteiger partial charge in [-0.1, -0.05) is 19.1 Å². The monoisotopic (exact) mass is 330 g/mol. The minimum atomic E-state index is -0.241. The van der Waals surface area contributed by atoms with Crippen molar-refractivity contribution in [3.63, 3.8) is 0 Å². The van der Waals surface area contributed by atoms with E-state index >= 15 is 0 Å². The van der Waals surface area contributed by atoms with E-state index in [1.807, 2.05) is 29.2 Å². The zero-order valence-electron chi connectivity index (χ0n) is 14.5. The maximum atomic E-state index is 13.0. The topological polar surface area (TPSA) is 49.9 Å². The number of ether oxygens (including phenoxy) is 1. The van der Waals surface area contributed by atoms with Crippen molar-refractivity contribution in [2.75, 3.05) is 25.1 Å². The van der Waals surface area contributed by atoms with Gasteiger partial charge >= 0.3 is 0 Å². The molecule has 2 aliphatic heterocycles. The lowest BCUT2D eigenvalue weighted by molar-refractivity contribution is -0.139. The minimum Gasteiger partial charge on any atom is -0.495 e. The van der Waals surface area contributed by atoms with Crippen molar-refractivity contribution in [3.05, 3.63) is 24.3 Å². The number of amides is 2. The Balaban J connectivity index is 1.75. The molecule has 2 aliphatic rings. The van der Waals surface area contributed by atoms with E-state index < -0.39 is 0 Å². The maximum Gasteiger partial charge on any atom is 0.228 e. The zero-order valence-corrected chi connectivity index (χ0v) is 14.5. The standard InChI is InChI=1S/C19H26N2O3/c1-3-15-8-6-7-11-20(15)19(23)14-12-18(22)21(13-14)16-9-4-5-10-17(16)24-2/h4-5,9-10,14-15H,3,6-8,11-13H2,1-2H3. The van der Waals surface area contributed by atoms with E-state index in [-0.39, 0.29) is 17.7 Å². The van der Waals surface area contributed by atoms with Gasteiger partial charge in [0.1, 0.15) is 5.75 Å². The van der Waals surface area contributed by atoms with Crippen LogP contribution in [0.4, 0.5) is 5.69 Å². The van der Waals surface area contributed by atoms with Gasteiger partial charge in [-0.3, -0.25) is 9.59 Å². The molecule has 0 aromatic heterocycles. The van der Waals surface area contributed by atoms with Crippen LogP contribution < -0.4 is 9.64 Å². The molecule has 3 rings (SSSR count). The van der Waals surface area contributed by atoms with Crippen molar-refractivity contribution >= 4 is 17.5 Å². The molecular formula is C19H26N2O3. The van der Waals surface area contributed by atoms with E-state index in [1.54, 1.807) is 12.0 Å². The summed E-state index contributed by atoms with van der Waals surface area (Å²) in [4.78, 5) is 29.2. The van der Waals surface area contributed by atoms with E-state index in [4.69, 9.17) is 4.74 Å². The third-order valence-corrected chi connectivity index (χ3v) is 5.23. The Morgan fingerprint density at radius 3 is 2.83 bits per heavy atom. The summed E-state index contributed by atoms with van der Waals surface area (Å²) in [6.07, 6.45) is 4.63. The van der Waals surface area contributed by atoms with Crippen molar-refractivity contribution < 1.29 is 14.3 Å². The van der Waals surface area contributed by atoms with Crippen molar-refractivity contribution in [2.45, 2.75) is 45.1 Å². The number of hydrogen-bond donors (Lipinski definition) is 0. The average molecular weight is 330 g/mol. The van der Waals surface area contributed by atoms with Gasteiger partial charge in [0, 0.05) is 25.6 Å². The number of methoxy groups -OCH3 is 1. The van der Waals surface area contributed by atoms with Crippen LogP contribution in [0.15, 0.2) is 24.3 Å². The molecule has 0 radical (unpaired) electrons. The molecule has 0 N–H and O–H groups in total. The second kappa shape index (κ2) is 7.24. The SMILES string of the molecule is CCC1CCCCN1C(=O)C1CC(=O)N(c2ccccc2OC)C1. The van der Waals surface area contributed by atoms with Crippen LogP contribution >= 0.6 is 0 Å². The second-order valence-corrected chi connectivity index (χ2v) is 6.67. The van der Waals surface area contributed by atoms with Gasteiger partial charge in [0.05, 0.1) is 18.7 Å². The smallest absolute Gasteiger partial charge is 0.228 e. The Morgan fingerprint density at radius 1 is 1.29 bits per heavy atom. The van der Waals surface area contributed by atoms with Crippen LogP contribution in [0.5, 0.6) is 5.75 Å². The van der Waals surface area contributed by atoms with Crippen molar-refractivity contribution in [1.29, 1.82) is 0 Å². The first kappa shape index (κ1) is 16.8. The highest BCUT2D eigenvalue weighted by atomic mass is 16.5. The number of hydrogen-bond acceptors (Lipinski definition) is 3. The summed E-state index contributed by atoms with van der Waals surface area (Å²) < 4.78 is 5.36. The Kier molecular flexibility index (Phi) is 5.07. The molecule has 2 saturated heterocycles. The summed E-state index contributed by atoms with van der Waals surface area (Å²) in [5, 5.41) is 0. The van der Waals surface area contributed by atoms with Gasteiger partial charge in [-0.2, -0.15) is 0 Å². The van der Waals surface area contributed by atoms with E-state index in [0.29, 0.717) is 24.8 Å². The van der Waals surface area contributed by atoms with Crippen LogP contribution in [0.2, 0.25) is 0 Å². The number of carbonyl (C=O) groups excluding carboxylic acids is 2. The molecule has 0 aliphatic carbocycles. The predicted molar refractivity (Wildman–Crippen MR) is 93.1 cm³/mol. The van der Waals surface area contributed by atoms with Crippen LogP contribution in [0.3, 0.4) is 0 Å². The molecule has 1 aromatic carbocycles. The van der Waals surface area contributed by atoms with Crippen LogP contribution in [0, 0.1) is 5.92 Å². The van der Waals surface area contributed by atoms with Crippen LogP contribution in [0.25, 0.3) is 0 Å². The largest absolute Gasteiger partial charge is 0.495 e. The van der Waals surface area contributed by atoms with Gasteiger partial charge in [-0.15, -0.1) is 0 Å². The fourth-order valence-corrected chi connectivity index (χ4v) is 3.91. The number of likely N-dealkylation sites (tertiary alicyclic amines) is 1. The second-order valence-electron chi connectivity index (χ2n) is 6.67. The van der Waals surface area contributed by atoms with Crippen molar-refractivity contribution in [1.82, 2.24) is 4.90 Å². The molecule has 1 aromatic rings. The molecule has 2 fully saturated rings. The Bertz CT molecular complexity index is 616. The normalized spacial score (nSPS) is 24.3. The third kappa shape index (κ3) is 3.12. The first-order valence-electron chi connectivity index (χ1n) is 8.89. The molecule has 0 saturated carbocycles. The highest BCUT2D eigenvalue weighted by Crippen LogP contribution is 2.34. The molecule has 2 atom stereocenters. The molecule has 130 valence electrons. The Hall–Kier alpha value is -2.04. The van der Waals surface area contributed by atoms with Gasteiger partial charge in [0.2, 0.25) is 11.8 Å². The summed E-state index contributed by atoms with van der Waals surface area (Å²) in [7, 11) is 1.60. The third-order valence-electron chi connectivity index (χ3n) is 5.23. The van der Waals surface area contributed by atoms with E-state index in [0.717, 1.165) is 31.5 Å². The number of anilines is 1. The number of para-hydroxylation sites is 2. The number of nitrogens with zero attached hydrogens (tertiary/aromatic N) is 2. The summed E-state index contributed by atoms with van der Waals surface area (Å²) in [5.74, 6) is 0.577. The lowest BCUT2D eigenvalue weighted by Crippen LogP contribution is -2.46. The minimum absolute atomic E-state index is 0.00269. The van der Waals surface area contributed by atoms with E-state index in [2.05, 4.69) is 6.92 Å². The molecule has 0 spiro atoms. The van der Waals surface area contributed by atoms with Crippen LogP contribution in [-0.2, 0) is 9.59 Å². The first-order valence-corrected chi connectivity index (χ1v) is 8.89. The summed E-state index contributed by atoms with van der Waals surface area (Å²) in [6, 6.07) is 7.82. The maximum absolute atomic E-state index is 13.0. The van der Waals surface area contributed by atoms with E-state index in [9.17, 15) is 9.59 Å². The highest BCUT2D eigenvalue weighted by molar-refractivity contribution is 6.01. The molecule has 2 heterocycles. The molecule has 5 heteroatoms. The number of rotatable bonds is 4. The fraction of sp³-hybridized carbons (Fsp3) is 0.579. The Morgan fingerprint density at radius 2 is 2.08 bits per heavy atom. The quantitative estimate of drug-likeness (QED) is 0.853. The van der Waals surface area contributed by atoms with Crippen molar-refractivity contribution in [2.24, 2.45) is 5.92 Å². The van der Waals surface area contributed by atoms with E-state index in [1.165, 1.54) is 6.42 Å². The van der Waals surface area contributed by atoms with Crippen LogP contribution in [-0.4, -0.2) is 43.0 Å². The molecule has 24 heavy (non-hydrogen) atoms.